The Hall–Kier alpha value is 1.34. The van der Waals surface area contributed by atoms with Crippen LogP contribution in [0.1, 0.15) is 48.0 Å². The largest absolute Gasteiger partial charge is 2.00 e. The van der Waals surface area contributed by atoms with Crippen molar-refractivity contribution in [2.24, 2.45) is 0 Å². The summed E-state index contributed by atoms with van der Waals surface area (Å²) in [6, 6.07) is 0.779. The maximum Gasteiger partial charge on any atom is 2.00 e. The Balaban J connectivity index is -0.00000112. The Morgan fingerprint density at radius 2 is 1.11 bits per heavy atom. The Kier molecular flexibility index (Phi) is 16.4. The molecule has 0 saturated heterocycles. The second-order valence-electron chi connectivity index (χ2n) is 4.79. The zero-order chi connectivity index (χ0) is 12.8. The molecule has 0 aliphatic rings. The molecule has 0 aromatic heterocycles. The van der Waals surface area contributed by atoms with Crippen LogP contribution in [0.4, 0.5) is 0 Å². The van der Waals surface area contributed by atoms with Gasteiger partial charge in [-0.25, -0.2) is 0 Å². The van der Waals surface area contributed by atoms with Gasteiger partial charge in [0.15, 0.2) is 0 Å². The maximum absolute atomic E-state index is 5.95. The summed E-state index contributed by atoms with van der Waals surface area (Å²) in [6.07, 6.45) is 1.14. The first kappa shape index (κ1) is 24.4. The second-order valence-corrected chi connectivity index (χ2v) is 7.36. The fourth-order valence-electron chi connectivity index (χ4n) is 1.55. The molecule has 0 rings (SSSR count). The fourth-order valence-corrected chi connectivity index (χ4v) is 4.66. The van der Waals surface area contributed by atoms with E-state index in [1.165, 1.54) is 0 Å². The molecular weight excluding hydrogens is 324 g/mol. The van der Waals surface area contributed by atoms with E-state index in [-0.39, 0.29) is 58.3 Å². The van der Waals surface area contributed by atoms with Crippen LogP contribution < -0.4 is 17.0 Å². The number of hydrogen-bond acceptors (Lipinski definition) is 3. The van der Waals surface area contributed by atoms with E-state index in [9.17, 15) is 0 Å². The molecule has 0 aliphatic carbocycles. The standard InChI is InChI=1S/C12H27O3Si.BrH.Mg/c1-8-9-16(13-10(2)3,14-11(4)5)15-12(6)7;;/h10-12H,1,8-9H2,2-7H3;1H;/q-1;;+2/p-1. The van der Waals surface area contributed by atoms with Crippen LogP contribution in [0, 0.1) is 6.92 Å². The minimum absolute atomic E-state index is 0. The van der Waals surface area contributed by atoms with Crippen molar-refractivity contribution in [3.8, 4) is 0 Å². The van der Waals surface area contributed by atoms with Gasteiger partial charge in [-0.1, -0.05) is 0 Å². The fraction of sp³-hybridized carbons (Fsp3) is 0.917. The van der Waals surface area contributed by atoms with Gasteiger partial charge in [0.1, 0.15) is 0 Å². The third-order valence-electron chi connectivity index (χ3n) is 1.73. The second kappa shape index (κ2) is 12.1. The molecule has 106 valence electrons. The van der Waals surface area contributed by atoms with Crippen LogP contribution in [0.15, 0.2) is 0 Å². The molecule has 0 fully saturated rings. The van der Waals surface area contributed by atoms with Gasteiger partial charge in [-0.05, 0) is 47.6 Å². The molecule has 0 spiro atoms. The van der Waals surface area contributed by atoms with Crippen molar-refractivity contribution in [3.63, 3.8) is 0 Å². The van der Waals surface area contributed by atoms with Crippen LogP contribution in [0.2, 0.25) is 6.04 Å². The van der Waals surface area contributed by atoms with Gasteiger partial charge < -0.3 is 37.2 Å². The Labute approximate surface area is 141 Å². The van der Waals surface area contributed by atoms with E-state index < -0.39 is 8.80 Å². The van der Waals surface area contributed by atoms with Crippen molar-refractivity contribution in [1.29, 1.82) is 0 Å². The minimum Gasteiger partial charge on any atom is -1.00 e. The zero-order valence-electron chi connectivity index (χ0n) is 12.7. The molecule has 6 heteroatoms. The molecule has 0 aromatic rings. The Bertz CT molecular complexity index is 166. The molecule has 0 heterocycles. The topological polar surface area (TPSA) is 27.7 Å². The van der Waals surface area contributed by atoms with Crippen molar-refractivity contribution >= 4 is 31.9 Å². The summed E-state index contributed by atoms with van der Waals surface area (Å²) in [5.41, 5.74) is 0. The van der Waals surface area contributed by atoms with Gasteiger partial charge in [-0.3, -0.25) is 0 Å². The van der Waals surface area contributed by atoms with Gasteiger partial charge in [-0.15, -0.1) is 0 Å². The van der Waals surface area contributed by atoms with Crippen LogP contribution >= 0.6 is 0 Å². The van der Waals surface area contributed by atoms with E-state index in [1.807, 2.05) is 41.5 Å². The van der Waals surface area contributed by atoms with Crippen LogP contribution in [0.25, 0.3) is 0 Å². The molecule has 0 atom stereocenters. The Morgan fingerprint density at radius 1 is 0.833 bits per heavy atom. The van der Waals surface area contributed by atoms with Crippen LogP contribution in [-0.4, -0.2) is 50.2 Å². The molecule has 0 aliphatic heterocycles. The first-order valence-corrected chi connectivity index (χ1v) is 8.07. The van der Waals surface area contributed by atoms with E-state index in [4.69, 9.17) is 13.3 Å². The van der Waals surface area contributed by atoms with E-state index in [1.54, 1.807) is 0 Å². The summed E-state index contributed by atoms with van der Waals surface area (Å²) in [7, 11) is -2.55. The molecular formula is C12H27BrMgO3Si. The van der Waals surface area contributed by atoms with Crippen molar-refractivity contribution in [1.82, 2.24) is 0 Å². The summed E-state index contributed by atoms with van der Waals surface area (Å²) < 4.78 is 17.9. The molecule has 0 N–H and O–H groups in total. The van der Waals surface area contributed by atoms with Crippen molar-refractivity contribution in [2.75, 3.05) is 0 Å². The summed E-state index contributed by atoms with van der Waals surface area (Å²) in [5.74, 6) is 0. The SMILES string of the molecule is [Br-].[CH2-]CC[Si](OC(C)C)(OC(C)C)OC(C)C.[Mg+2]. The minimum atomic E-state index is -2.55. The number of hydrogen-bond donors (Lipinski definition) is 0. The normalized spacial score (nSPS) is 11.7. The van der Waals surface area contributed by atoms with E-state index >= 15 is 0 Å². The van der Waals surface area contributed by atoms with E-state index in [0.717, 1.165) is 12.5 Å². The van der Waals surface area contributed by atoms with Gasteiger partial charge in [0, 0.05) is 18.3 Å². The van der Waals surface area contributed by atoms with Gasteiger partial charge in [0.05, 0.1) is 0 Å². The average Bonchev–Trinajstić information content (AvgIpc) is 1.98. The Morgan fingerprint density at radius 3 is 1.28 bits per heavy atom. The van der Waals surface area contributed by atoms with Gasteiger partial charge in [0.25, 0.3) is 0 Å². The number of halogens is 1. The van der Waals surface area contributed by atoms with E-state index in [0.29, 0.717) is 0 Å². The molecule has 3 nitrogen and oxygen atoms in total. The summed E-state index contributed by atoms with van der Waals surface area (Å²) in [4.78, 5) is 0. The monoisotopic (exact) mass is 350 g/mol. The third kappa shape index (κ3) is 11.2. The molecule has 0 saturated carbocycles. The smallest absolute Gasteiger partial charge is 1.00 e. The van der Waals surface area contributed by atoms with Crippen LogP contribution in [-0.2, 0) is 13.3 Å². The summed E-state index contributed by atoms with van der Waals surface area (Å²) in [6.45, 7) is 16.0. The maximum atomic E-state index is 5.95. The van der Waals surface area contributed by atoms with Gasteiger partial charge in [-0.2, -0.15) is 6.42 Å². The quantitative estimate of drug-likeness (QED) is 0.457. The molecule has 18 heavy (non-hydrogen) atoms. The molecule has 0 amide bonds. The van der Waals surface area contributed by atoms with Crippen LogP contribution in [0.5, 0.6) is 0 Å². The van der Waals surface area contributed by atoms with Crippen LogP contribution in [0.3, 0.4) is 0 Å². The number of rotatable bonds is 8. The van der Waals surface area contributed by atoms with Gasteiger partial charge >= 0.3 is 31.9 Å². The predicted octanol–water partition coefficient (Wildman–Crippen LogP) is 0.0477. The van der Waals surface area contributed by atoms with Crippen molar-refractivity contribution in [2.45, 2.75) is 72.3 Å². The van der Waals surface area contributed by atoms with E-state index in [2.05, 4.69) is 6.92 Å². The molecule has 0 radical (unpaired) electrons. The van der Waals surface area contributed by atoms with Crippen molar-refractivity contribution < 1.29 is 30.3 Å². The van der Waals surface area contributed by atoms with Crippen molar-refractivity contribution in [3.05, 3.63) is 6.92 Å². The molecule has 0 aromatic carbocycles. The molecule has 0 unspecified atom stereocenters. The zero-order valence-corrected chi connectivity index (χ0v) is 16.7. The third-order valence-corrected chi connectivity index (χ3v) is 5.19. The summed E-state index contributed by atoms with van der Waals surface area (Å²) >= 11 is 0. The first-order valence-electron chi connectivity index (χ1n) is 6.14. The summed E-state index contributed by atoms with van der Waals surface area (Å²) in [5, 5.41) is 0. The predicted molar refractivity (Wildman–Crippen MR) is 75.0 cm³/mol. The first-order chi connectivity index (χ1) is 7.31. The average molecular weight is 352 g/mol. The van der Waals surface area contributed by atoms with Gasteiger partial charge in [0.2, 0.25) is 0 Å². The molecule has 0 bridgehead atoms.